The molecule has 43 heavy (non-hydrogen) atoms. The Bertz CT molecular complexity index is 1810. The molecule has 0 saturated heterocycles. The van der Waals surface area contributed by atoms with Gasteiger partial charge < -0.3 is 15.0 Å². The third kappa shape index (κ3) is 5.78. The highest BCUT2D eigenvalue weighted by atomic mass is 32.2. The van der Waals surface area contributed by atoms with Crippen LogP contribution in [-0.2, 0) is 11.3 Å². The molecule has 1 fully saturated rings. The lowest BCUT2D eigenvalue weighted by Crippen LogP contribution is -2.17. The fourth-order valence-electron chi connectivity index (χ4n) is 6.24. The molecule has 0 atom stereocenters. The van der Waals surface area contributed by atoms with Gasteiger partial charge in [-0.1, -0.05) is 62.3 Å². The number of nitrogens with one attached hydrogen (secondary N) is 1. The molecule has 6 rings (SSSR count). The summed E-state index contributed by atoms with van der Waals surface area (Å²) < 4.78 is 41.7. The number of halogens is 3. The first-order valence-electron chi connectivity index (χ1n) is 14.1. The van der Waals surface area contributed by atoms with Crippen molar-refractivity contribution >= 4 is 62.5 Å². The molecule has 1 saturated carbocycles. The summed E-state index contributed by atoms with van der Waals surface area (Å²) in [6.45, 7) is 6.09. The van der Waals surface area contributed by atoms with E-state index in [9.17, 15) is 27.9 Å². The Labute approximate surface area is 255 Å². The second-order valence-corrected chi connectivity index (χ2v) is 13.2. The van der Waals surface area contributed by atoms with E-state index in [1.54, 1.807) is 24.3 Å². The topological polar surface area (TPSA) is 71.3 Å². The van der Waals surface area contributed by atoms with Crippen molar-refractivity contribution in [2.45, 2.75) is 61.9 Å². The number of aromatic nitrogens is 1. The molecule has 2 aliphatic rings. The van der Waals surface area contributed by atoms with E-state index in [2.05, 4.69) is 11.9 Å². The predicted molar refractivity (Wildman–Crippen MR) is 168 cm³/mol. The van der Waals surface area contributed by atoms with Crippen molar-refractivity contribution in [1.29, 1.82) is 0 Å². The lowest BCUT2D eigenvalue weighted by molar-refractivity contribution is -0.116. The van der Waals surface area contributed by atoms with E-state index in [4.69, 9.17) is 0 Å². The zero-order valence-electron chi connectivity index (χ0n) is 23.4. The molecule has 0 spiro atoms. The molecule has 0 unspecified atom stereocenters. The van der Waals surface area contributed by atoms with E-state index in [1.165, 1.54) is 29.9 Å². The van der Waals surface area contributed by atoms with Gasteiger partial charge in [0, 0.05) is 16.0 Å². The lowest BCUT2D eigenvalue weighted by Gasteiger charge is -2.24. The Morgan fingerprint density at radius 3 is 2.65 bits per heavy atom. The molecule has 0 bridgehead atoms. The number of anilines is 1. The van der Waals surface area contributed by atoms with Crippen LogP contribution >= 0.6 is 23.1 Å². The molecule has 2 N–H and O–H groups in total. The van der Waals surface area contributed by atoms with Crippen LogP contribution in [0.3, 0.4) is 0 Å². The van der Waals surface area contributed by atoms with Gasteiger partial charge in [-0.2, -0.15) is 13.2 Å². The molecule has 3 heterocycles. The summed E-state index contributed by atoms with van der Waals surface area (Å²) >= 11 is 1.11. The van der Waals surface area contributed by atoms with Crippen LogP contribution in [-0.4, -0.2) is 27.1 Å². The number of alkyl halides is 3. The highest BCUT2D eigenvalue weighted by molar-refractivity contribution is 8.00. The number of carboxylic acids is 1. The minimum absolute atomic E-state index is 0.0571. The van der Waals surface area contributed by atoms with E-state index < -0.39 is 11.5 Å². The van der Waals surface area contributed by atoms with Gasteiger partial charge in [-0.15, -0.1) is 11.3 Å². The Balaban J connectivity index is 1.47. The van der Waals surface area contributed by atoms with Crippen molar-refractivity contribution in [3.05, 3.63) is 82.3 Å². The number of nitrogens with zero attached hydrogens (tertiary/aromatic N) is 1. The van der Waals surface area contributed by atoms with E-state index in [-0.39, 0.29) is 39.9 Å². The van der Waals surface area contributed by atoms with Gasteiger partial charge in [0.1, 0.15) is 11.4 Å². The second kappa shape index (κ2) is 11.4. The van der Waals surface area contributed by atoms with Crippen LogP contribution in [0.1, 0.15) is 69.9 Å². The Hall–Kier alpha value is -3.76. The molecule has 222 valence electrons. The smallest absolute Gasteiger partial charge is 0.446 e. The molecule has 1 aliphatic carbocycles. The summed E-state index contributed by atoms with van der Waals surface area (Å²) in [6.07, 6.45) is 9.00. The Morgan fingerprint density at radius 2 is 1.93 bits per heavy atom. The SMILES string of the molecule is C=C(/C=C\c1c(C)ccc2c1NC(=O)Cn1c-2c(C2CCCCC2)c2sc(C(=O)O)cc21)c1cccc(SC(F)(F)F)c1. The number of aromatic carboxylic acids is 1. The lowest BCUT2D eigenvalue weighted by atomic mass is 9.82. The third-order valence-corrected chi connectivity index (χ3v) is 10.0. The van der Waals surface area contributed by atoms with E-state index in [1.807, 2.05) is 29.7 Å². The summed E-state index contributed by atoms with van der Waals surface area (Å²) in [6, 6.07) is 11.9. The number of hydrogen-bond acceptors (Lipinski definition) is 4. The maximum Gasteiger partial charge on any atom is 0.446 e. The van der Waals surface area contributed by atoms with Crippen molar-refractivity contribution in [3.8, 4) is 11.3 Å². The minimum atomic E-state index is -4.38. The zero-order chi connectivity index (χ0) is 30.5. The molecule has 10 heteroatoms. The van der Waals surface area contributed by atoms with Gasteiger partial charge in [0.05, 0.1) is 21.6 Å². The minimum Gasteiger partial charge on any atom is -0.477 e. The van der Waals surface area contributed by atoms with Gasteiger partial charge in [0.15, 0.2) is 0 Å². The van der Waals surface area contributed by atoms with E-state index in [0.717, 1.165) is 63.8 Å². The van der Waals surface area contributed by atoms with Gasteiger partial charge in [0.25, 0.3) is 0 Å². The van der Waals surface area contributed by atoms with Crippen molar-refractivity contribution in [2.75, 3.05) is 5.32 Å². The first-order chi connectivity index (χ1) is 20.5. The number of amides is 1. The number of thiophene rings is 1. The van der Waals surface area contributed by atoms with Crippen molar-refractivity contribution in [1.82, 2.24) is 4.57 Å². The van der Waals surface area contributed by atoms with Gasteiger partial charge in [0.2, 0.25) is 5.91 Å². The van der Waals surface area contributed by atoms with Crippen molar-refractivity contribution in [3.63, 3.8) is 0 Å². The van der Waals surface area contributed by atoms with Gasteiger partial charge >= 0.3 is 11.5 Å². The molecule has 4 aromatic rings. The quantitative estimate of drug-likeness (QED) is 0.166. The van der Waals surface area contributed by atoms with Crippen LogP contribution in [0, 0.1) is 6.92 Å². The Kier molecular flexibility index (Phi) is 7.76. The monoisotopic (exact) mass is 622 g/mol. The summed E-state index contributed by atoms with van der Waals surface area (Å²) in [7, 11) is 0. The maximum absolute atomic E-state index is 13.4. The number of aryl methyl sites for hydroxylation is 1. The highest BCUT2D eigenvalue weighted by Crippen LogP contribution is 2.50. The summed E-state index contributed by atoms with van der Waals surface area (Å²) in [4.78, 5) is 25.6. The number of thioether (sulfide) groups is 1. The summed E-state index contributed by atoms with van der Waals surface area (Å²) in [5, 5.41) is 12.9. The summed E-state index contributed by atoms with van der Waals surface area (Å²) in [5.74, 6) is -0.934. The maximum atomic E-state index is 13.4. The van der Waals surface area contributed by atoms with Crippen LogP contribution < -0.4 is 5.32 Å². The summed E-state index contributed by atoms with van der Waals surface area (Å²) in [5.41, 5.74) is 2.78. The van der Waals surface area contributed by atoms with Crippen LogP contribution in [0.15, 0.2) is 60.0 Å². The standard InChI is InChI=1S/C33H29F3N2O3S2/c1-18(21-9-6-10-22(15-21)43-33(34,35)36)11-13-23-19(2)12-14-24-29(23)37-27(39)17-38-25-16-26(32(40)41)42-31(25)28(30(24)38)20-7-4-3-5-8-20/h6,9-16,20H,1,3-5,7-8,17H2,2H3,(H,37,39)(H,40,41)/b13-11-. The van der Waals surface area contributed by atoms with E-state index >= 15 is 0 Å². The number of fused-ring (bicyclic) bond motifs is 5. The molecule has 0 radical (unpaired) electrons. The largest absolute Gasteiger partial charge is 0.477 e. The highest BCUT2D eigenvalue weighted by Gasteiger charge is 2.33. The molecule has 2 aromatic heterocycles. The van der Waals surface area contributed by atoms with Crippen LogP contribution in [0.4, 0.5) is 18.9 Å². The average Bonchev–Trinajstić information content (AvgIpc) is 3.46. The first-order valence-corrected chi connectivity index (χ1v) is 15.7. The first kappa shape index (κ1) is 29.3. The average molecular weight is 623 g/mol. The molecule has 1 amide bonds. The fraction of sp³-hybridized carbons (Fsp3) is 0.273. The van der Waals surface area contributed by atoms with Crippen molar-refractivity contribution in [2.24, 2.45) is 0 Å². The Morgan fingerprint density at radius 1 is 1.16 bits per heavy atom. The molecule has 5 nitrogen and oxygen atoms in total. The fourth-order valence-corrected chi connectivity index (χ4v) is 7.97. The molecular weight excluding hydrogens is 594 g/mol. The number of rotatable bonds is 6. The van der Waals surface area contributed by atoms with E-state index in [0.29, 0.717) is 16.8 Å². The van der Waals surface area contributed by atoms with Gasteiger partial charge in [-0.25, -0.2) is 4.79 Å². The van der Waals surface area contributed by atoms with Crippen LogP contribution in [0.25, 0.3) is 33.1 Å². The van der Waals surface area contributed by atoms with Gasteiger partial charge in [-0.3, -0.25) is 4.79 Å². The normalized spacial score (nSPS) is 15.8. The van der Waals surface area contributed by atoms with Crippen molar-refractivity contribution < 1.29 is 27.9 Å². The number of hydrogen-bond donors (Lipinski definition) is 2. The van der Waals surface area contributed by atoms with Gasteiger partial charge in [-0.05, 0) is 77.9 Å². The van der Waals surface area contributed by atoms with Crippen LogP contribution in [0.2, 0.25) is 0 Å². The second-order valence-electron chi connectivity index (χ2n) is 11.0. The molecular formula is C33H29F3N2O3S2. The molecule has 2 aromatic carbocycles. The predicted octanol–water partition coefficient (Wildman–Crippen LogP) is 9.71. The third-order valence-electron chi connectivity index (χ3n) is 8.17. The number of carboxylic acid groups (broad SMARTS) is 1. The number of carbonyl (C=O) groups is 2. The number of benzene rings is 2. The number of carbonyl (C=O) groups excluding carboxylic acids is 1. The number of allylic oxidation sites excluding steroid dienone is 2. The van der Waals surface area contributed by atoms with Crippen LogP contribution in [0.5, 0.6) is 0 Å². The zero-order valence-corrected chi connectivity index (χ0v) is 25.0. The molecule has 1 aliphatic heterocycles.